The Balaban J connectivity index is 1.48. The number of carbonyl (C=O) groups excluding carboxylic acids is 1. The van der Waals surface area contributed by atoms with Crippen LogP contribution >= 0.6 is 11.6 Å². The van der Waals surface area contributed by atoms with Gasteiger partial charge in [0, 0.05) is 62.9 Å². The monoisotopic (exact) mass is 602 g/mol. The fourth-order valence-corrected chi connectivity index (χ4v) is 5.69. The number of hydrogen-bond donors (Lipinski definition) is 2. The third kappa shape index (κ3) is 6.22. The summed E-state index contributed by atoms with van der Waals surface area (Å²) in [5, 5.41) is 11.3. The summed E-state index contributed by atoms with van der Waals surface area (Å²) in [7, 11) is 2.06. The van der Waals surface area contributed by atoms with E-state index in [1.54, 1.807) is 12.3 Å². The first kappa shape index (κ1) is 30.1. The second-order valence-electron chi connectivity index (χ2n) is 11.2. The molecule has 3 heterocycles. The van der Waals surface area contributed by atoms with Gasteiger partial charge in [-0.2, -0.15) is 0 Å². The van der Waals surface area contributed by atoms with E-state index in [0.717, 1.165) is 25.3 Å². The summed E-state index contributed by atoms with van der Waals surface area (Å²) in [5.74, 6) is -1.77. The Hall–Kier alpha value is -3.32. The molecule has 3 aromatic rings. The van der Waals surface area contributed by atoms with Crippen LogP contribution in [0.3, 0.4) is 0 Å². The van der Waals surface area contributed by atoms with Gasteiger partial charge in [0.2, 0.25) is 0 Å². The van der Waals surface area contributed by atoms with Gasteiger partial charge in [-0.15, -0.1) is 5.10 Å². The largest absolute Gasteiger partial charge is 0.396 e. The van der Waals surface area contributed by atoms with E-state index in [0.29, 0.717) is 44.1 Å². The topological polar surface area (TPSA) is 105 Å². The van der Waals surface area contributed by atoms with Gasteiger partial charge in [0.15, 0.2) is 11.6 Å². The lowest BCUT2D eigenvalue weighted by Crippen LogP contribution is -2.55. The van der Waals surface area contributed by atoms with Gasteiger partial charge in [-0.1, -0.05) is 16.8 Å². The molecule has 42 heavy (non-hydrogen) atoms. The van der Waals surface area contributed by atoms with Crippen molar-refractivity contribution in [3.8, 4) is 5.69 Å². The normalized spacial score (nSPS) is 20.2. The maximum atomic E-state index is 15.8. The van der Waals surface area contributed by atoms with E-state index in [1.807, 2.05) is 0 Å². The molecule has 0 saturated carbocycles. The average Bonchev–Trinajstić information content (AvgIpc) is 3.45. The number of piperazine rings is 1. The number of likely N-dealkylation sites (N-methyl/N-ethyl adjacent to an activating group) is 1. The number of nitrogen functional groups attached to an aromatic ring is 1. The number of halogens is 3. The molecule has 0 bridgehead atoms. The van der Waals surface area contributed by atoms with Gasteiger partial charge < -0.3 is 20.7 Å². The van der Waals surface area contributed by atoms with Crippen molar-refractivity contribution >= 4 is 34.6 Å². The van der Waals surface area contributed by atoms with E-state index in [2.05, 4.69) is 51.2 Å². The van der Waals surface area contributed by atoms with Gasteiger partial charge in [0.1, 0.15) is 5.69 Å². The molecule has 13 heteroatoms. The Morgan fingerprint density at radius 1 is 1.14 bits per heavy atom. The van der Waals surface area contributed by atoms with Gasteiger partial charge in [-0.05, 0) is 40.0 Å². The summed E-state index contributed by atoms with van der Waals surface area (Å²) < 4.78 is 36.9. The van der Waals surface area contributed by atoms with Crippen molar-refractivity contribution in [2.75, 3.05) is 68.9 Å². The van der Waals surface area contributed by atoms with E-state index in [-0.39, 0.29) is 39.6 Å². The zero-order chi connectivity index (χ0) is 30.1. The summed E-state index contributed by atoms with van der Waals surface area (Å²) in [6, 6.07) is 4.56. The van der Waals surface area contributed by atoms with Crippen molar-refractivity contribution in [1.29, 1.82) is 0 Å². The number of nitrogens with two attached hydrogens (primary N) is 1. The molecule has 1 aromatic heterocycles. The standard InChI is InChI=1S/C29H37ClF2N8O2/c1-17-14-39(15-18(2)37(17)4)26-12-22(31)25(40-16-20(35-36-40)5-6-38-7-9-42-10-8-38)13-24(26)34-29(41)21-11-23(33)28(32)19(3)27(21)30/h11-13,16-18H,5-10,14-15,33H2,1-4H3,(H,34,41)/t17-,18+. The van der Waals surface area contributed by atoms with Crippen LogP contribution in [0.4, 0.5) is 25.8 Å². The summed E-state index contributed by atoms with van der Waals surface area (Å²) in [6.07, 6.45) is 2.36. The molecule has 0 aliphatic carbocycles. The van der Waals surface area contributed by atoms with Crippen molar-refractivity contribution in [3.63, 3.8) is 0 Å². The lowest BCUT2D eigenvalue weighted by atomic mass is 10.1. The smallest absolute Gasteiger partial charge is 0.257 e. The molecule has 226 valence electrons. The Morgan fingerprint density at radius 3 is 2.52 bits per heavy atom. The van der Waals surface area contributed by atoms with Gasteiger partial charge in [-0.25, -0.2) is 13.5 Å². The number of amides is 1. The van der Waals surface area contributed by atoms with Crippen molar-refractivity contribution in [3.05, 3.63) is 57.9 Å². The molecule has 2 saturated heterocycles. The van der Waals surface area contributed by atoms with Crippen LogP contribution in [0.2, 0.25) is 5.02 Å². The molecular formula is C29H37ClF2N8O2. The SMILES string of the molecule is Cc1c(F)c(N)cc(C(=O)Nc2cc(-n3cc(CCN4CCOCC4)nn3)c(F)cc2N2C[C@@H](C)N(C)[C@@H](C)C2)c1Cl. The Morgan fingerprint density at radius 2 is 1.83 bits per heavy atom. The number of rotatable bonds is 7. The number of benzene rings is 2. The first-order valence-electron chi connectivity index (χ1n) is 14.1. The quantitative estimate of drug-likeness (QED) is 0.394. The first-order valence-corrected chi connectivity index (χ1v) is 14.5. The Kier molecular flexibility index (Phi) is 8.97. The van der Waals surface area contributed by atoms with Crippen molar-refractivity contribution < 1.29 is 18.3 Å². The molecule has 0 spiro atoms. The fourth-order valence-electron chi connectivity index (χ4n) is 5.47. The van der Waals surface area contributed by atoms with Crippen LogP contribution in [0.5, 0.6) is 0 Å². The van der Waals surface area contributed by atoms with Crippen LogP contribution in [0.1, 0.15) is 35.5 Å². The van der Waals surface area contributed by atoms with Crippen molar-refractivity contribution in [2.45, 2.75) is 39.3 Å². The van der Waals surface area contributed by atoms with Gasteiger partial charge in [-0.3, -0.25) is 14.6 Å². The molecule has 2 aromatic carbocycles. The van der Waals surface area contributed by atoms with Crippen LogP contribution in [-0.4, -0.2) is 95.8 Å². The maximum Gasteiger partial charge on any atom is 0.257 e. The lowest BCUT2D eigenvalue weighted by Gasteiger charge is -2.44. The maximum absolute atomic E-state index is 15.8. The highest BCUT2D eigenvalue weighted by atomic mass is 35.5. The molecule has 1 amide bonds. The fraction of sp³-hybridized carbons (Fsp3) is 0.483. The molecule has 10 nitrogen and oxygen atoms in total. The van der Waals surface area contributed by atoms with Gasteiger partial charge >= 0.3 is 0 Å². The Labute approximate surface area is 249 Å². The lowest BCUT2D eigenvalue weighted by molar-refractivity contribution is 0.0383. The second-order valence-corrected chi connectivity index (χ2v) is 11.5. The number of nitrogens with zero attached hydrogens (tertiary/aromatic N) is 6. The number of hydrogen-bond acceptors (Lipinski definition) is 8. The summed E-state index contributed by atoms with van der Waals surface area (Å²) in [4.78, 5) is 20.1. The minimum atomic E-state index is -0.669. The van der Waals surface area contributed by atoms with Gasteiger partial charge in [0.05, 0.1) is 52.8 Å². The number of morpholine rings is 1. The van der Waals surface area contributed by atoms with Crippen molar-refractivity contribution in [1.82, 2.24) is 24.8 Å². The molecule has 0 radical (unpaired) electrons. The molecule has 3 N–H and O–H groups in total. The van der Waals surface area contributed by atoms with Crippen LogP contribution in [-0.2, 0) is 11.2 Å². The van der Waals surface area contributed by atoms with E-state index >= 15 is 4.39 Å². The zero-order valence-corrected chi connectivity index (χ0v) is 25.1. The molecule has 5 rings (SSSR count). The van der Waals surface area contributed by atoms with Crippen LogP contribution in [0.25, 0.3) is 5.69 Å². The number of anilines is 3. The summed E-state index contributed by atoms with van der Waals surface area (Å²) in [6.45, 7) is 10.8. The number of ether oxygens (including phenoxy) is 1. The molecule has 2 fully saturated rings. The summed E-state index contributed by atoms with van der Waals surface area (Å²) >= 11 is 6.35. The highest BCUT2D eigenvalue weighted by Gasteiger charge is 2.30. The summed E-state index contributed by atoms with van der Waals surface area (Å²) in [5.41, 5.74) is 7.46. The zero-order valence-electron chi connectivity index (χ0n) is 24.3. The van der Waals surface area contributed by atoms with E-state index < -0.39 is 17.5 Å². The molecular weight excluding hydrogens is 566 g/mol. The van der Waals surface area contributed by atoms with Crippen LogP contribution < -0.4 is 16.0 Å². The average molecular weight is 603 g/mol. The second kappa shape index (κ2) is 12.5. The molecule has 2 atom stereocenters. The third-order valence-electron chi connectivity index (χ3n) is 8.28. The van der Waals surface area contributed by atoms with E-state index in [1.165, 1.54) is 23.7 Å². The molecule has 2 aliphatic rings. The van der Waals surface area contributed by atoms with Crippen molar-refractivity contribution in [2.24, 2.45) is 0 Å². The molecule has 2 aliphatic heterocycles. The number of nitrogens with one attached hydrogen (secondary N) is 1. The number of aromatic nitrogens is 3. The van der Waals surface area contributed by atoms with Crippen LogP contribution in [0.15, 0.2) is 24.4 Å². The van der Waals surface area contributed by atoms with E-state index in [4.69, 9.17) is 22.1 Å². The minimum Gasteiger partial charge on any atom is -0.396 e. The van der Waals surface area contributed by atoms with Gasteiger partial charge in [0.25, 0.3) is 5.91 Å². The third-order valence-corrected chi connectivity index (χ3v) is 8.77. The van der Waals surface area contributed by atoms with Crippen LogP contribution in [0, 0.1) is 18.6 Å². The first-order chi connectivity index (χ1) is 20.0. The predicted octanol–water partition coefficient (Wildman–Crippen LogP) is 3.75. The Bertz CT molecular complexity index is 1450. The number of carbonyl (C=O) groups is 1. The molecule has 0 unspecified atom stereocenters. The highest BCUT2D eigenvalue weighted by molar-refractivity contribution is 6.35. The minimum absolute atomic E-state index is 0.0242. The van der Waals surface area contributed by atoms with E-state index in [9.17, 15) is 9.18 Å². The predicted molar refractivity (Wildman–Crippen MR) is 160 cm³/mol. The highest BCUT2D eigenvalue weighted by Crippen LogP contribution is 2.35.